The van der Waals surface area contributed by atoms with Crippen molar-refractivity contribution in [2.75, 3.05) is 0 Å². The van der Waals surface area contributed by atoms with E-state index in [1.807, 2.05) is 12.1 Å². The molecule has 3 rings (SSSR count). The molecule has 66 valence electrons. The molecule has 0 amide bonds. The van der Waals surface area contributed by atoms with Crippen LogP contribution in [0.5, 0.6) is 0 Å². The van der Waals surface area contributed by atoms with Gasteiger partial charge in [0, 0.05) is 14.7 Å². The van der Waals surface area contributed by atoms with Crippen molar-refractivity contribution in [2.45, 2.75) is 0 Å². The summed E-state index contributed by atoms with van der Waals surface area (Å²) in [7, 11) is 0. The fourth-order valence-corrected chi connectivity index (χ4v) is 8.07. The van der Waals surface area contributed by atoms with Gasteiger partial charge in [-0.1, -0.05) is 34.8 Å². The molecule has 0 spiro atoms. The fraction of sp³-hybridized carbons (Fsp3) is 0. The van der Waals surface area contributed by atoms with Gasteiger partial charge in [0.25, 0.3) is 0 Å². The predicted octanol–water partition coefficient (Wildman–Crippen LogP) is 2.78. The van der Waals surface area contributed by atoms with Gasteiger partial charge in [0.1, 0.15) is 11.0 Å². The molecule has 0 fully saturated rings. The van der Waals surface area contributed by atoms with E-state index >= 15 is 0 Å². The first-order valence-electron chi connectivity index (χ1n) is 3.89. The van der Waals surface area contributed by atoms with Gasteiger partial charge >= 0.3 is 0 Å². The second-order valence-corrected chi connectivity index (χ2v) is 11.3. The van der Waals surface area contributed by atoms with Crippen LogP contribution >= 0.6 is 33.2 Å². The Morgan fingerprint density at radius 2 is 1.85 bits per heavy atom. The van der Waals surface area contributed by atoms with Crippen LogP contribution < -0.4 is 10.6 Å². The fourth-order valence-electron chi connectivity index (χ4n) is 1.40. The van der Waals surface area contributed by atoms with Crippen molar-refractivity contribution < 1.29 is 4.42 Å². The smallest absolute Gasteiger partial charge is 0.141 e. The molecule has 1 aromatic heterocycles. The minimum absolute atomic E-state index is 0.324. The van der Waals surface area contributed by atoms with E-state index in [0.29, 0.717) is 33.2 Å². The number of hydrogen-bond donors (Lipinski definition) is 0. The summed E-state index contributed by atoms with van der Waals surface area (Å²) < 4.78 is 10.5. The highest BCUT2D eigenvalue weighted by atomic mass is 128. The van der Waals surface area contributed by atoms with Gasteiger partial charge < -0.3 is 4.42 Å². The quantitative estimate of drug-likeness (QED) is 0.625. The Kier molecular flexibility index (Phi) is 2.08. The van der Waals surface area contributed by atoms with Gasteiger partial charge in [0.15, 0.2) is 0 Å². The summed E-state index contributed by atoms with van der Waals surface area (Å²) in [6.07, 6.45) is 0. The molecule has 1 nitrogen and oxygen atoms in total. The van der Waals surface area contributed by atoms with Gasteiger partial charge in [0.05, 0.1) is 0 Å². The standard InChI is InChI=1S/C10H6I2O/c1-2-4-9-7(3-1)8-5-11-12-6-10(8)13-9/h1-6H. The van der Waals surface area contributed by atoms with E-state index in [1.165, 1.54) is 10.6 Å². The van der Waals surface area contributed by atoms with Gasteiger partial charge in [-0.05, 0) is 26.7 Å². The molecule has 0 saturated heterocycles. The minimum Gasteiger partial charge on any atom is -0.456 e. The molecule has 0 saturated carbocycles. The first kappa shape index (κ1) is 8.28. The Labute approximate surface area is 90.8 Å². The number of halogens is 2. The van der Waals surface area contributed by atoms with Crippen LogP contribution in [0.1, 0.15) is 0 Å². The van der Waals surface area contributed by atoms with Gasteiger partial charge in [-0.2, -0.15) is 0 Å². The highest BCUT2D eigenvalue weighted by Gasteiger charge is 2.01. The maximum atomic E-state index is 5.75. The van der Waals surface area contributed by atoms with Crippen LogP contribution in [0.25, 0.3) is 19.1 Å². The third-order valence-electron chi connectivity index (χ3n) is 2.00. The molecule has 0 atom stereocenters. The Balaban J connectivity index is 2.66. The summed E-state index contributed by atoms with van der Waals surface area (Å²) in [5.74, 6) is 0. The molecular weight excluding hydrogens is 390 g/mol. The number of benzene rings is 1. The summed E-state index contributed by atoms with van der Waals surface area (Å²) in [5, 5.41) is 2.64. The van der Waals surface area contributed by atoms with Crippen LogP contribution in [0.3, 0.4) is 0 Å². The molecule has 1 aliphatic rings. The Bertz CT molecular complexity index is 607. The average molecular weight is 396 g/mol. The minimum atomic E-state index is 0.324. The molecule has 0 unspecified atom stereocenters. The second kappa shape index (κ2) is 3.27. The molecule has 0 N–H and O–H groups in total. The molecule has 13 heavy (non-hydrogen) atoms. The largest absolute Gasteiger partial charge is 0.456 e. The lowest BCUT2D eigenvalue weighted by atomic mass is 10.2. The van der Waals surface area contributed by atoms with Crippen molar-refractivity contribution in [3.63, 3.8) is 0 Å². The molecule has 0 radical (unpaired) electrons. The van der Waals surface area contributed by atoms with E-state index in [4.69, 9.17) is 4.42 Å². The Morgan fingerprint density at radius 1 is 1.00 bits per heavy atom. The van der Waals surface area contributed by atoms with Crippen molar-refractivity contribution in [1.82, 2.24) is 0 Å². The number of rotatable bonds is 0. The lowest BCUT2D eigenvalue weighted by Gasteiger charge is -1.83. The summed E-state index contributed by atoms with van der Waals surface area (Å²) in [6.45, 7) is 0. The maximum Gasteiger partial charge on any atom is 0.141 e. The summed E-state index contributed by atoms with van der Waals surface area (Å²) in [5.41, 5.74) is 2.16. The molecular formula is C10H6I2O. The summed E-state index contributed by atoms with van der Waals surface area (Å²) >= 11 is 0.670. The lowest BCUT2D eigenvalue weighted by molar-refractivity contribution is 0.577. The highest BCUT2D eigenvalue weighted by Crippen LogP contribution is 2.22. The van der Waals surface area contributed by atoms with Crippen molar-refractivity contribution in [1.29, 1.82) is 0 Å². The zero-order valence-corrected chi connectivity index (χ0v) is 10.9. The monoisotopic (exact) mass is 396 g/mol. The van der Waals surface area contributed by atoms with E-state index in [1.54, 1.807) is 0 Å². The average Bonchev–Trinajstić information content (AvgIpc) is 2.56. The van der Waals surface area contributed by atoms with Crippen molar-refractivity contribution in [2.24, 2.45) is 0 Å². The van der Waals surface area contributed by atoms with Crippen LogP contribution in [-0.4, -0.2) is 0 Å². The number of fused-ring (bicyclic) bond motifs is 3. The molecule has 2 heterocycles. The van der Waals surface area contributed by atoms with Crippen LogP contribution in [0.4, 0.5) is 0 Å². The first-order valence-corrected chi connectivity index (χ1v) is 12.7. The van der Waals surface area contributed by atoms with E-state index in [-0.39, 0.29) is 0 Å². The normalized spacial score (nSPS) is 14.8. The molecule has 2 aromatic rings. The highest BCUT2D eigenvalue weighted by molar-refractivity contribution is 14.8. The van der Waals surface area contributed by atoms with E-state index in [0.717, 1.165) is 11.0 Å². The SMILES string of the molecule is C1=c2oc3ccccc3c2=CI=I1. The van der Waals surface area contributed by atoms with E-state index in [9.17, 15) is 0 Å². The maximum absolute atomic E-state index is 5.75. The molecule has 1 aliphatic heterocycles. The zero-order chi connectivity index (χ0) is 8.67. The molecule has 0 bridgehead atoms. The van der Waals surface area contributed by atoms with Gasteiger partial charge in [-0.3, -0.25) is 0 Å². The van der Waals surface area contributed by atoms with Crippen LogP contribution in [0, 0.1) is 0 Å². The van der Waals surface area contributed by atoms with E-state index in [2.05, 4.69) is 20.3 Å². The van der Waals surface area contributed by atoms with Crippen LogP contribution in [0.2, 0.25) is 0 Å². The van der Waals surface area contributed by atoms with Crippen molar-refractivity contribution in [3.8, 4) is 0 Å². The molecule has 0 aliphatic carbocycles. The number of para-hydroxylation sites is 1. The Morgan fingerprint density at radius 3 is 2.85 bits per heavy atom. The Hall–Kier alpha value is -0.0400. The topological polar surface area (TPSA) is 13.1 Å². The van der Waals surface area contributed by atoms with Crippen LogP contribution in [0.15, 0.2) is 28.7 Å². The van der Waals surface area contributed by atoms with Gasteiger partial charge in [-0.25, -0.2) is 0 Å². The summed E-state index contributed by atoms with van der Waals surface area (Å²) in [4.78, 5) is 0. The third kappa shape index (κ3) is 1.32. The predicted molar refractivity (Wildman–Crippen MR) is 72.4 cm³/mol. The summed E-state index contributed by atoms with van der Waals surface area (Å²) in [6, 6.07) is 8.30. The number of hydrogen-bond acceptors (Lipinski definition) is 1. The van der Waals surface area contributed by atoms with Crippen LogP contribution in [-0.2, 0) is 0 Å². The molecule has 1 aromatic carbocycles. The lowest BCUT2D eigenvalue weighted by Crippen LogP contribution is -2.18. The third-order valence-corrected chi connectivity index (χ3v) is 8.91. The zero-order valence-electron chi connectivity index (χ0n) is 6.63. The second-order valence-electron chi connectivity index (χ2n) is 2.76. The van der Waals surface area contributed by atoms with Gasteiger partial charge in [-0.15, -0.1) is 0 Å². The number of furan rings is 1. The van der Waals surface area contributed by atoms with E-state index < -0.39 is 0 Å². The first-order chi connectivity index (χ1) is 6.45. The molecule has 3 heteroatoms. The van der Waals surface area contributed by atoms with Crippen molar-refractivity contribution in [3.05, 3.63) is 34.9 Å². The van der Waals surface area contributed by atoms with Gasteiger partial charge in [0.2, 0.25) is 0 Å². The van der Waals surface area contributed by atoms with Crippen molar-refractivity contribution >= 4 is 52.3 Å².